The molecule has 3 amide bonds. The highest BCUT2D eigenvalue weighted by Gasteiger charge is 2.37. The smallest absolute Gasteiger partial charge is 0.325 e. The van der Waals surface area contributed by atoms with E-state index in [4.69, 9.17) is 0 Å². The molecule has 1 saturated heterocycles. The summed E-state index contributed by atoms with van der Waals surface area (Å²) in [6.07, 6.45) is 2.21. The summed E-state index contributed by atoms with van der Waals surface area (Å²) in [5.74, 6) is -0.193. The molecule has 1 N–H and O–H groups in total. The van der Waals surface area contributed by atoms with Crippen molar-refractivity contribution in [3.05, 3.63) is 78.0 Å². The van der Waals surface area contributed by atoms with Crippen molar-refractivity contribution >= 4 is 22.8 Å². The fraction of sp³-hybridized carbons (Fsp3) is 0.150. The van der Waals surface area contributed by atoms with Crippen LogP contribution in [0.4, 0.5) is 4.79 Å². The predicted molar refractivity (Wildman–Crippen MR) is 94.8 cm³/mol. The zero-order valence-corrected chi connectivity index (χ0v) is 13.6. The molecule has 5 heteroatoms. The third-order valence-electron chi connectivity index (χ3n) is 4.43. The Morgan fingerprint density at radius 3 is 2.60 bits per heavy atom. The van der Waals surface area contributed by atoms with E-state index >= 15 is 0 Å². The number of benzene rings is 2. The van der Waals surface area contributed by atoms with E-state index in [-0.39, 0.29) is 18.5 Å². The lowest BCUT2D eigenvalue weighted by molar-refractivity contribution is -0.127. The van der Waals surface area contributed by atoms with Crippen LogP contribution in [0.3, 0.4) is 0 Å². The van der Waals surface area contributed by atoms with Crippen molar-refractivity contribution in [3.63, 3.8) is 0 Å². The van der Waals surface area contributed by atoms with Crippen molar-refractivity contribution in [1.29, 1.82) is 0 Å². The van der Waals surface area contributed by atoms with E-state index in [9.17, 15) is 9.59 Å². The monoisotopic (exact) mass is 331 g/mol. The number of imide groups is 1. The molecule has 0 unspecified atom stereocenters. The molecule has 5 nitrogen and oxygen atoms in total. The van der Waals surface area contributed by atoms with Gasteiger partial charge in [-0.05, 0) is 17.2 Å². The van der Waals surface area contributed by atoms with Crippen LogP contribution in [0.2, 0.25) is 0 Å². The van der Waals surface area contributed by atoms with Gasteiger partial charge in [-0.3, -0.25) is 14.7 Å². The Kier molecular flexibility index (Phi) is 3.90. The van der Waals surface area contributed by atoms with E-state index in [1.165, 1.54) is 4.90 Å². The maximum atomic E-state index is 12.7. The second-order valence-corrected chi connectivity index (χ2v) is 6.11. The molecular formula is C20H17N3O2. The number of amides is 3. The zero-order chi connectivity index (χ0) is 17.2. The van der Waals surface area contributed by atoms with E-state index in [0.29, 0.717) is 6.42 Å². The second kappa shape index (κ2) is 6.36. The number of urea groups is 1. The van der Waals surface area contributed by atoms with Gasteiger partial charge >= 0.3 is 6.03 Å². The number of nitrogens with zero attached hydrogens (tertiary/aromatic N) is 2. The molecule has 0 saturated carbocycles. The SMILES string of the molecule is O=C1N[C@H](Cc2ccccc2)C(=O)N1Cc1cccc2cccnc12. The van der Waals surface area contributed by atoms with Gasteiger partial charge in [0.15, 0.2) is 0 Å². The molecule has 1 atom stereocenters. The standard InChI is InChI=1S/C20H17N3O2/c24-19-17(12-14-6-2-1-3-7-14)22-20(25)23(19)13-16-9-4-8-15-10-5-11-21-18(15)16/h1-11,17H,12-13H2,(H,22,25)/t17-/m1/s1. The van der Waals surface area contributed by atoms with Crippen molar-refractivity contribution in [2.75, 3.05) is 0 Å². The number of pyridine rings is 1. The number of carbonyl (C=O) groups excluding carboxylic acids is 2. The van der Waals surface area contributed by atoms with Crippen LogP contribution in [0, 0.1) is 0 Å². The number of nitrogens with one attached hydrogen (secondary N) is 1. The molecule has 0 radical (unpaired) electrons. The summed E-state index contributed by atoms with van der Waals surface area (Å²) < 4.78 is 0. The molecule has 3 aromatic rings. The molecule has 0 aliphatic carbocycles. The van der Waals surface area contributed by atoms with Crippen molar-refractivity contribution in [3.8, 4) is 0 Å². The van der Waals surface area contributed by atoms with E-state index < -0.39 is 6.04 Å². The number of carbonyl (C=O) groups is 2. The molecular weight excluding hydrogens is 314 g/mol. The van der Waals surface area contributed by atoms with Crippen molar-refractivity contribution in [2.24, 2.45) is 0 Å². The summed E-state index contributed by atoms with van der Waals surface area (Å²) in [5.41, 5.74) is 2.70. The summed E-state index contributed by atoms with van der Waals surface area (Å²) in [5, 5.41) is 3.78. The van der Waals surface area contributed by atoms with Gasteiger partial charge in [-0.15, -0.1) is 0 Å². The highest BCUT2D eigenvalue weighted by molar-refractivity contribution is 6.04. The van der Waals surface area contributed by atoms with Gasteiger partial charge in [0.05, 0.1) is 12.1 Å². The Morgan fingerprint density at radius 2 is 1.76 bits per heavy atom. The molecule has 1 aromatic heterocycles. The number of aromatic nitrogens is 1. The first-order chi connectivity index (χ1) is 12.2. The fourth-order valence-electron chi connectivity index (χ4n) is 3.18. The van der Waals surface area contributed by atoms with Crippen LogP contribution in [-0.4, -0.2) is 27.9 Å². The van der Waals surface area contributed by atoms with E-state index in [1.807, 2.05) is 60.7 Å². The topological polar surface area (TPSA) is 62.3 Å². The minimum absolute atomic E-state index is 0.193. The van der Waals surface area contributed by atoms with Crippen LogP contribution >= 0.6 is 0 Å². The van der Waals surface area contributed by atoms with Crippen LogP contribution in [0.1, 0.15) is 11.1 Å². The van der Waals surface area contributed by atoms with E-state index in [0.717, 1.165) is 22.0 Å². The third kappa shape index (κ3) is 2.96. The largest absolute Gasteiger partial charge is 0.325 e. The third-order valence-corrected chi connectivity index (χ3v) is 4.43. The Bertz CT molecular complexity index is 935. The van der Waals surface area contributed by atoms with Crippen LogP contribution in [0.15, 0.2) is 66.9 Å². The molecule has 4 rings (SSSR count). The number of hydrogen-bond donors (Lipinski definition) is 1. The maximum Gasteiger partial charge on any atom is 0.325 e. The average molecular weight is 331 g/mol. The van der Waals surface area contributed by atoms with Gasteiger partial charge in [-0.2, -0.15) is 0 Å². The summed E-state index contributed by atoms with van der Waals surface area (Å²) in [6.45, 7) is 0.226. The molecule has 1 fully saturated rings. The molecule has 2 aromatic carbocycles. The van der Waals surface area contributed by atoms with Crippen LogP contribution in [0.25, 0.3) is 10.9 Å². The van der Waals surface area contributed by atoms with Crippen molar-refractivity contribution in [1.82, 2.24) is 15.2 Å². The number of hydrogen-bond acceptors (Lipinski definition) is 3. The molecule has 0 spiro atoms. The molecule has 124 valence electrons. The van der Waals surface area contributed by atoms with Crippen LogP contribution in [-0.2, 0) is 17.8 Å². The first-order valence-corrected chi connectivity index (χ1v) is 8.21. The number of para-hydroxylation sites is 1. The molecule has 2 heterocycles. The van der Waals surface area contributed by atoms with Crippen molar-refractivity contribution < 1.29 is 9.59 Å². The Balaban J connectivity index is 1.56. The zero-order valence-electron chi connectivity index (χ0n) is 13.6. The minimum atomic E-state index is -0.516. The summed E-state index contributed by atoms with van der Waals surface area (Å²) in [6, 6.07) is 18.5. The van der Waals surface area contributed by atoms with Gasteiger partial charge in [0, 0.05) is 18.0 Å². The van der Waals surface area contributed by atoms with Crippen molar-refractivity contribution in [2.45, 2.75) is 19.0 Å². The van der Waals surface area contributed by atoms with Gasteiger partial charge in [0.2, 0.25) is 0 Å². The normalized spacial score (nSPS) is 17.1. The fourth-order valence-corrected chi connectivity index (χ4v) is 3.18. The molecule has 1 aliphatic heterocycles. The summed E-state index contributed by atoms with van der Waals surface area (Å²) in [7, 11) is 0. The lowest BCUT2D eigenvalue weighted by Gasteiger charge is -2.14. The quantitative estimate of drug-likeness (QED) is 0.748. The van der Waals surface area contributed by atoms with Crippen LogP contribution in [0.5, 0.6) is 0 Å². The highest BCUT2D eigenvalue weighted by Crippen LogP contribution is 2.20. The first kappa shape index (κ1) is 15.3. The maximum absolute atomic E-state index is 12.7. The summed E-state index contributed by atoms with van der Waals surface area (Å²) >= 11 is 0. The number of rotatable bonds is 4. The number of fused-ring (bicyclic) bond motifs is 1. The minimum Gasteiger partial charge on any atom is -0.325 e. The second-order valence-electron chi connectivity index (χ2n) is 6.11. The lowest BCUT2D eigenvalue weighted by atomic mass is 10.1. The average Bonchev–Trinajstić information content (AvgIpc) is 2.90. The Hall–Kier alpha value is -3.21. The summed E-state index contributed by atoms with van der Waals surface area (Å²) in [4.78, 5) is 30.6. The lowest BCUT2D eigenvalue weighted by Crippen LogP contribution is -2.32. The highest BCUT2D eigenvalue weighted by atomic mass is 16.2. The van der Waals surface area contributed by atoms with Gasteiger partial charge in [-0.25, -0.2) is 4.79 Å². The molecule has 0 bridgehead atoms. The van der Waals surface area contributed by atoms with Crippen LogP contribution < -0.4 is 5.32 Å². The van der Waals surface area contributed by atoms with Gasteiger partial charge in [-0.1, -0.05) is 54.6 Å². The van der Waals surface area contributed by atoms with E-state index in [2.05, 4.69) is 10.3 Å². The Morgan fingerprint density at radius 1 is 0.960 bits per heavy atom. The molecule has 1 aliphatic rings. The van der Waals surface area contributed by atoms with Gasteiger partial charge < -0.3 is 5.32 Å². The Labute approximate surface area is 145 Å². The first-order valence-electron chi connectivity index (χ1n) is 8.21. The van der Waals surface area contributed by atoms with Gasteiger partial charge in [0.25, 0.3) is 5.91 Å². The van der Waals surface area contributed by atoms with E-state index in [1.54, 1.807) is 6.20 Å². The molecule has 25 heavy (non-hydrogen) atoms. The predicted octanol–water partition coefficient (Wildman–Crippen LogP) is 2.90. The van der Waals surface area contributed by atoms with Gasteiger partial charge in [0.1, 0.15) is 6.04 Å².